The highest BCUT2D eigenvalue weighted by Crippen LogP contribution is 2.32. The van der Waals surface area contributed by atoms with Gasteiger partial charge < -0.3 is 15.3 Å². The highest BCUT2D eigenvalue weighted by molar-refractivity contribution is 5.86. The van der Waals surface area contributed by atoms with Crippen LogP contribution in [0, 0.1) is 5.92 Å². The molecule has 0 spiro atoms. The number of amides is 2. The van der Waals surface area contributed by atoms with E-state index in [-0.39, 0.29) is 12.1 Å². The quantitative estimate of drug-likeness (QED) is 0.806. The summed E-state index contributed by atoms with van der Waals surface area (Å²) in [5, 5.41) is 12.3. The van der Waals surface area contributed by atoms with Gasteiger partial charge in [0.05, 0.1) is 0 Å². The fourth-order valence-electron chi connectivity index (χ4n) is 3.16. The van der Waals surface area contributed by atoms with E-state index < -0.39 is 11.5 Å². The molecule has 1 heterocycles. The molecule has 1 atom stereocenters. The van der Waals surface area contributed by atoms with Gasteiger partial charge in [0, 0.05) is 12.6 Å². The molecular weight excluding hydrogens is 244 g/mol. The van der Waals surface area contributed by atoms with Crippen molar-refractivity contribution in [1.29, 1.82) is 0 Å². The zero-order valence-electron chi connectivity index (χ0n) is 11.8. The van der Waals surface area contributed by atoms with Crippen LogP contribution in [0.4, 0.5) is 4.79 Å². The fourth-order valence-corrected chi connectivity index (χ4v) is 3.16. The first kappa shape index (κ1) is 14.2. The Bertz CT molecular complexity index is 362. The van der Waals surface area contributed by atoms with E-state index in [9.17, 15) is 14.7 Å². The van der Waals surface area contributed by atoms with Crippen LogP contribution in [0.5, 0.6) is 0 Å². The van der Waals surface area contributed by atoms with Crippen molar-refractivity contribution in [3.8, 4) is 0 Å². The molecule has 108 valence electrons. The standard InChI is InChI=1S/C14H24N2O3/c1-10-5-7-14(8-6-10,12(17)18)15-13(19)16-9-3-4-11(16)2/h10-11H,3-9H2,1-2H3,(H,15,19)(H,17,18). The number of likely N-dealkylation sites (tertiary alicyclic amines) is 1. The lowest BCUT2D eigenvalue weighted by molar-refractivity contribution is -0.146. The average Bonchev–Trinajstić information content (AvgIpc) is 2.78. The monoisotopic (exact) mass is 268 g/mol. The number of aliphatic carboxylic acids is 1. The number of nitrogens with zero attached hydrogens (tertiary/aromatic N) is 1. The summed E-state index contributed by atoms with van der Waals surface area (Å²) in [7, 11) is 0. The van der Waals surface area contributed by atoms with E-state index in [4.69, 9.17) is 0 Å². The van der Waals surface area contributed by atoms with E-state index in [1.807, 2.05) is 6.92 Å². The Balaban J connectivity index is 2.04. The SMILES string of the molecule is CC1CCC(NC(=O)N2CCCC2C)(C(=O)O)CC1. The van der Waals surface area contributed by atoms with Gasteiger partial charge in [-0.15, -0.1) is 0 Å². The predicted molar refractivity (Wildman–Crippen MR) is 71.9 cm³/mol. The summed E-state index contributed by atoms with van der Waals surface area (Å²) >= 11 is 0. The van der Waals surface area contributed by atoms with Gasteiger partial charge in [-0.05, 0) is 51.4 Å². The molecule has 0 bridgehead atoms. The predicted octanol–water partition coefficient (Wildman–Crippen LogP) is 2.21. The summed E-state index contributed by atoms with van der Waals surface area (Å²) in [6.45, 7) is 4.89. The normalized spacial score (nSPS) is 35.2. The van der Waals surface area contributed by atoms with Gasteiger partial charge in [0.1, 0.15) is 5.54 Å². The lowest BCUT2D eigenvalue weighted by Crippen LogP contribution is -2.59. The van der Waals surface area contributed by atoms with Crippen molar-refractivity contribution in [2.75, 3.05) is 6.54 Å². The highest BCUT2D eigenvalue weighted by atomic mass is 16.4. The van der Waals surface area contributed by atoms with Crippen molar-refractivity contribution < 1.29 is 14.7 Å². The van der Waals surface area contributed by atoms with E-state index in [2.05, 4.69) is 12.2 Å². The number of urea groups is 1. The summed E-state index contributed by atoms with van der Waals surface area (Å²) in [5.41, 5.74) is -1.05. The van der Waals surface area contributed by atoms with Crippen LogP contribution < -0.4 is 5.32 Å². The van der Waals surface area contributed by atoms with E-state index >= 15 is 0 Å². The number of hydrogen-bond donors (Lipinski definition) is 2. The van der Waals surface area contributed by atoms with Gasteiger partial charge in [0.25, 0.3) is 0 Å². The molecule has 0 radical (unpaired) electrons. The van der Waals surface area contributed by atoms with Crippen LogP contribution in [0.15, 0.2) is 0 Å². The van der Waals surface area contributed by atoms with Crippen molar-refractivity contribution in [3.05, 3.63) is 0 Å². The van der Waals surface area contributed by atoms with E-state index in [1.165, 1.54) is 0 Å². The number of carboxylic acids is 1. The number of hydrogen-bond acceptors (Lipinski definition) is 2. The first-order chi connectivity index (χ1) is 8.94. The third kappa shape index (κ3) is 2.85. The smallest absolute Gasteiger partial charge is 0.329 e. The molecule has 1 saturated carbocycles. The van der Waals surface area contributed by atoms with Gasteiger partial charge in [-0.2, -0.15) is 0 Å². The molecule has 2 rings (SSSR count). The molecule has 2 N–H and O–H groups in total. The molecule has 0 aromatic rings. The zero-order chi connectivity index (χ0) is 14.0. The molecular formula is C14H24N2O3. The average molecular weight is 268 g/mol. The third-order valence-corrected chi connectivity index (χ3v) is 4.70. The minimum Gasteiger partial charge on any atom is -0.480 e. The molecule has 2 fully saturated rings. The van der Waals surface area contributed by atoms with Crippen LogP contribution in [-0.4, -0.2) is 40.1 Å². The minimum absolute atomic E-state index is 0.207. The molecule has 2 aliphatic rings. The Morgan fingerprint density at radius 3 is 2.32 bits per heavy atom. The van der Waals surface area contributed by atoms with E-state index in [1.54, 1.807) is 4.90 Å². The van der Waals surface area contributed by atoms with Crippen LogP contribution >= 0.6 is 0 Å². The van der Waals surface area contributed by atoms with Crippen molar-refractivity contribution in [3.63, 3.8) is 0 Å². The number of rotatable bonds is 2. The highest BCUT2D eigenvalue weighted by Gasteiger charge is 2.43. The van der Waals surface area contributed by atoms with Gasteiger partial charge in [-0.1, -0.05) is 6.92 Å². The maximum absolute atomic E-state index is 12.3. The van der Waals surface area contributed by atoms with Crippen LogP contribution in [-0.2, 0) is 4.79 Å². The van der Waals surface area contributed by atoms with E-state index in [0.717, 1.165) is 32.2 Å². The summed E-state index contributed by atoms with van der Waals surface area (Å²) in [6, 6.07) is 0.00955. The number of carbonyl (C=O) groups is 2. The van der Waals surface area contributed by atoms with Gasteiger partial charge in [0.2, 0.25) is 0 Å². The minimum atomic E-state index is -1.05. The number of carbonyl (C=O) groups excluding carboxylic acids is 1. The largest absolute Gasteiger partial charge is 0.480 e. The molecule has 1 aliphatic heterocycles. The van der Waals surface area contributed by atoms with Crippen LogP contribution in [0.1, 0.15) is 52.4 Å². The Labute approximate surface area is 114 Å². The van der Waals surface area contributed by atoms with Crippen molar-refractivity contribution in [2.24, 2.45) is 5.92 Å². The molecule has 0 aromatic carbocycles. The second-order valence-electron chi connectivity index (χ2n) is 6.18. The molecule has 1 unspecified atom stereocenters. The maximum atomic E-state index is 12.3. The second-order valence-corrected chi connectivity index (χ2v) is 6.18. The first-order valence-corrected chi connectivity index (χ1v) is 7.27. The van der Waals surface area contributed by atoms with Gasteiger partial charge in [0.15, 0.2) is 0 Å². The number of nitrogens with one attached hydrogen (secondary N) is 1. The Morgan fingerprint density at radius 1 is 1.21 bits per heavy atom. The first-order valence-electron chi connectivity index (χ1n) is 7.27. The Morgan fingerprint density at radius 2 is 1.84 bits per heavy atom. The number of carboxylic acid groups (broad SMARTS) is 1. The molecule has 5 heteroatoms. The molecule has 1 aliphatic carbocycles. The van der Waals surface area contributed by atoms with Gasteiger partial charge >= 0.3 is 12.0 Å². The summed E-state index contributed by atoms with van der Waals surface area (Å²) in [5.74, 6) is -0.338. The third-order valence-electron chi connectivity index (χ3n) is 4.70. The summed E-state index contributed by atoms with van der Waals surface area (Å²) in [6.07, 6.45) is 4.81. The fraction of sp³-hybridized carbons (Fsp3) is 0.857. The van der Waals surface area contributed by atoms with Crippen molar-refractivity contribution in [1.82, 2.24) is 10.2 Å². The zero-order valence-corrected chi connectivity index (χ0v) is 11.8. The van der Waals surface area contributed by atoms with Crippen molar-refractivity contribution >= 4 is 12.0 Å². The lowest BCUT2D eigenvalue weighted by Gasteiger charge is -2.38. The summed E-state index contributed by atoms with van der Waals surface area (Å²) in [4.78, 5) is 25.6. The molecule has 19 heavy (non-hydrogen) atoms. The summed E-state index contributed by atoms with van der Waals surface area (Å²) < 4.78 is 0. The molecule has 2 amide bonds. The van der Waals surface area contributed by atoms with Gasteiger partial charge in [-0.3, -0.25) is 0 Å². The molecule has 1 saturated heterocycles. The Hall–Kier alpha value is -1.26. The van der Waals surface area contributed by atoms with Gasteiger partial charge in [-0.25, -0.2) is 9.59 Å². The van der Waals surface area contributed by atoms with Crippen LogP contribution in [0.25, 0.3) is 0 Å². The van der Waals surface area contributed by atoms with Crippen LogP contribution in [0.3, 0.4) is 0 Å². The Kier molecular flexibility index (Phi) is 4.02. The van der Waals surface area contributed by atoms with E-state index in [0.29, 0.717) is 18.8 Å². The lowest BCUT2D eigenvalue weighted by atomic mass is 9.77. The molecule has 0 aromatic heterocycles. The van der Waals surface area contributed by atoms with Crippen molar-refractivity contribution in [2.45, 2.75) is 64.0 Å². The van der Waals surface area contributed by atoms with Crippen LogP contribution in [0.2, 0.25) is 0 Å². The molecule has 5 nitrogen and oxygen atoms in total. The topological polar surface area (TPSA) is 69.6 Å². The second kappa shape index (κ2) is 5.39. The maximum Gasteiger partial charge on any atom is 0.329 e.